The molecule has 112 valence electrons. The normalized spacial score (nSPS) is 29.9. The molecule has 1 N–H and O–H groups in total. The highest BCUT2D eigenvalue weighted by Crippen LogP contribution is 2.46. The van der Waals surface area contributed by atoms with E-state index in [0.717, 1.165) is 35.1 Å². The Hall–Kier alpha value is -2.10. The molecule has 2 aromatic rings. The molecule has 4 nitrogen and oxygen atoms in total. The number of aromatic nitrogens is 1. The van der Waals surface area contributed by atoms with E-state index in [1.54, 1.807) is 0 Å². The summed E-state index contributed by atoms with van der Waals surface area (Å²) in [5.74, 6) is 0.872. The zero-order valence-electron chi connectivity index (χ0n) is 12.6. The van der Waals surface area contributed by atoms with Crippen LogP contribution in [-0.2, 0) is 16.0 Å². The van der Waals surface area contributed by atoms with E-state index in [9.17, 15) is 9.59 Å². The number of rotatable bonds is 0. The molecule has 1 saturated carbocycles. The molecule has 4 bridgehead atoms. The molecule has 22 heavy (non-hydrogen) atoms. The fourth-order valence-electron chi connectivity index (χ4n) is 4.80. The molecule has 6 rings (SSSR count). The Bertz CT molecular complexity index is 835. The van der Waals surface area contributed by atoms with E-state index < -0.39 is 0 Å². The van der Waals surface area contributed by atoms with E-state index in [4.69, 9.17) is 0 Å². The van der Waals surface area contributed by atoms with Gasteiger partial charge >= 0.3 is 0 Å². The Labute approximate surface area is 128 Å². The number of amides is 1. The van der Waals surface area contributed by atoms with Gasteiger partial charge in [-0.05, 0) is 37.0 Å². The van der Waals surface area contributed by atoms with Gasteiger partial charge in [0.1, 0.15) is 0 Å². The van der Waals surface area contributed by atoms with Gasteiger partial charge in [-0.1, -0.05) is 11.6 Å². The van der Waals surface area contributed by atoms with Crippen LogP contribution in [0.4, 0.5) is 0 Å². The molecule has 3 atom stereocenters. The molecular weight excluding hydrogens is 276 g/mol. The summed E-state index contributed by atoms with van der Waals surface area (Å²) in [5, 5.41) is 1.15. The lowest BCUT2D eigenvalue weighted by Gasteiger charge is -2.47. The number of piperidine rings is 2. The van der Waals surface area contributed by atoms with Crippen molar-refractivity contribution in [1.29, 1.82) is 0 Å². The van der Waals surface area contributed by atoms with Crippen LogP contribution in [0.5, 0.6) is 0 Å². The molecule has 3 aliphatic heterocycles. The van der Waals surface area contributed by atoms with Crippen molar-refractivity contribution >= 4 is 22.6 Å². The molecule has 4 heteroatoms. The second-order valence-corrected chi connectivity index (χ2v) is 7.11. The van der Waals surface area contributed by atoms with Gasteiger partial charge in [0.15, 0.2) is 5.78 Å². The first-order chi connectivity index (χ1) is 10.6. The smallest absolute Gasteiger partial charge is 0.227 e. The second-order valence-electron chi connectivity index (χ2n) is 7.11. The zero-order valence-corrected chi connectivity index (χ0v) is 12.6. The van der Waals surface area contributed by atoms with Crippen LogP contribution in [0.15, 0.2) is 18.2 Å². The first kappa shape index (κ1) is 12.4. The summed E-state index contributed by atoms with van der Waals surface area (Å²) in [6.45, 7) is 2.84. The lowest BCUT2D eigenvalue weighted by Crippen LogP contribution is -2.58. The van der Waals surface area contributed by atoms with E-state index in [2.05, 4.69) is 30.1 Å². The number of benzene rings is 1. The van der Waals surface area contributed by atoms with Crippen LogP contribution in [0, 0.1) is 12.8 Å². The number of carbonyl (C=O) groups excluding carboxylic acids is 2. The lowest BCUT2D eigenvalue weighted by atomic mass is 9.71. The number of hydrogen-bond donors (Lipinski definition) is 1. The maximum atomic E-state index is 12.7. The molecule has 4 heterocycles. The number of aryl methyl sites for hydroxylation is 1. The van der Waals surface area contributed by atoms with Gasteiger partial charge in [-0.15, -0.1) is 0 Å². The van der Waals surface area contributed by atoms with Crippen LogP contribution >= 0.6 is 0 Å². The Balaban J connectivity index is 1.78. The molecule has 0 radical (unpaired) electrons. The van der Waals surface area contributed by atoms with E-state index in [0.29, 0.717) is 18.8 Å². The van der Waals surface area contributed by atoms with Crippen molar-refractivity contribution < 1.29 is 9.59 Å². The van der Waals surface area contributed by atoms with Crippen LogP contribution in [0.25, 0.3) is 10.9 Å². The van der Waals surface area contributed by atoms with E-state index >= 15 is 0 Å². The van der Waals surface area contributed by atoms with Crippen LogP contribution in [-0.4, -0.2) is 34.2 Å². The van der Waals surface area contributed by atoms with E-state index in [1.807, 2.05) is 4.90 Å². The Morgan fingerprint density at radius 1 is 1.27 bits per heavy atom. The number of fused-ring (bicyclic) bond motifs is 4. The van der Waals surface area contributed by atoms with Gasteiger partial charge in [0.05, 0.1) is 12.5 Å². The molecule has 2 saturated heterocycles. The monoisotopic (exact) mass is 294 g/mol. The number of nitrogens with one attached hydrogen (secondary N) is 1. The van der Waals surface area contributed by atoms with Crippen molar-refractivity contribution in [2.45, 2.75) is 38.1 Å². The number of aromatic amines is 1. The number of nitrogens with zero attached hydrogens (tertiary/aromatic N) is 1. The fourth-order valence-corrected chi connectivity index (χ4v) is 4.80. The van der Waals surface area contributed by atoms with Gasteiger partial charge in [-0.3, -0.25) is 9.59 Å². The summed E-state index contributed by atoms with van der Waals surface area (Å²) in [6.07, 6.45) is 2.10. The predicted octanol–water partition coefficient (Wildman–Crippen LogP) is 2.31. The fraction of sp³-hybridized carbons (Fsp3) is 0.444. The molecule has 3 fully saturated rings. The van der Waals surface area contributed by atoms with Crippen molar-refractivity contribution in [2.24, 2.45) is 5.92 Å². The minimum Gasteiger partial charge on any atom is -0.358 e. The van der Waals surface area contributed by atoms with Gasteiger partial charge in [-0.2, -0.15) is 0 Å². The molecular formula is C18H18N2O2. The summed E-state index contributed by atoms with van der Waals surface area (Å²) in [4.78, 5) is 30.5. The topological polar surface area (TPSA) is 53.2 Å². The number of H-pyrrole nitrogens is 1. The Kier molecular flexibility index (Phi) is 2.26. The molecule has 1 amide bonds. The van der Waals surface area contributed by atoms with Gasteiger partial charge < -0.3 is 9.88 Å². The lowest BCUT2D eigenvalue weighted by molar-refractivity contribution is -0.148. The first-order valence-electron chi connectivity index (χ1n) is 8.05. The quantitative estimate of drug-likeness (QED) is 0.810. The minimum absolute atomic E-state index is 0.119. The highest BCUT2D eigenvalue weighted by molar-refractivity contribution is 5.97. The summed E-state index contributed by atoms with van der Waals surface area (Å²) in [6, 6.07) is 6.10. The van der Waals surface area contributed by atoms with E-state index in [1.165, 1.54) is 5.56 Å². The Morgan fingerprint density at radius 2 is 2.14 bits per heavy atom. The third kappa shape index (κ3) is 1.47. The van der Waals surface area contributed by atoms with Crippen molar-refractivity contribution in [3.05, 3.63) is 35.0 Å². The van der Waals surface area contributed by atoms with Crippen molar-refractivity contribution in [3.63, 3.8) is 0 Å². The third-order valence-electron chi connectivity index (χ3n) is 5.69. The summed E-state index contributed by atoms with van der Waals surface area (Å²) in [5.41, 5.74) is 4.55. The minimum atomic E-state index is -0.229. The predicted molar refractivity (Wildman–Crippen MR) is 82.7 cm³/mol. The summed E-state index contributed by atoms with van der Waals surface area (Å²) >= 11 is 0. The maximum Gasteiger partial charge on any atom is 0.227 e. The summed E-state index contributed by atoms with van der Waals surface area (Å²) < 4.78 is 0. The second kappa shape index (κ2) is 4.00. The van der Waals surface area contributed by atoms with Crippen LogP contribution in [0.2, 0.25) is 0 Å². The van der Waals surface area contributed by atoms with Gasteiger partial charge in [-0.25, -0.2) is 0 Å². The summed E-state index contributed by atoms with van der Waals surface area (Å²) in [7, 11) is 0. The number of ketones is 1. The van der Waals surface area contributed by atoms with Gasteiger partial charge in [0, 0.05) is 35.5 Å². The van der Waals surface area contributed by atoms with Crippen molar-refractivity contribution in [2.75, 3.05) is 6.54 Å². The highest BCUT2D eigenvalue weighted by Gasteiger charge is 2.51. The number of carbonyl (C=O) groups is 2. The number of Topliss-reactive ketones (excluding diaryl/α,β-unsaturated/α-hetero) is 1. The van der Waals surface area contributed by atoms with Crippen molar-refractivity contribution in [1.82, 2.24) is 9.88 Å². The van der Waals surface area contributed by atoms with Crippen molar-refractivity contribution in [3.8, 4) is 0 Å². The number of hydrogen-bond acceptors (Lipinski definition) is 2. The Morgan fingerprint density at radius 3 is 2.95 bits per heavy atom. The van der Waals surface area contributed by atoms with Crippen LogP contribution in [0.3, 0.4) is 0 Å². The van der Waals surface area contributed by atoms with E-state index in [-0.39, 0.29) is 23.7 Å². The van der Waals surface area contributed by atoms with Gasteiger partial charge in [0.25, 0.3) is 0 Å². The molecule has 3 unspecified atom stereocenters. The standard InChI is InChI=1S/C18H18N2O2/c1-9-2-3-14-11(4-9)12-7-16(22)20-8-10-5-13(17(12)19-14)18(20)15(21)6-10/h2-4,10,13,18-19H,5-8H2,1H3. The third-order valence-corrected chi connectivity index (χ3v) is 5.69. The molecule has 1 aliphatic carbocycles. The maximum absolute atomic E-state index is 12.7. The van der Waals surface area contributed by atoms with Crippen LogP contribution in [0.1, 0.15) is 35.6 Å². The molecule has 0 spiro atoms. The molecule has 1 aromatic heterocycles. The highest BCUT2D eigenvalue weighted by atomic mass is 16.2. The average Bonchev–Trinajstić information content (AvgIpc) is 2.81. The molecule has 4 aliphatic rings. The van der Waals surface area contributed by atoms with Gasteiger partial charge in [0.2, 0.25) is 5.91 Å². The average molecular weight is 294 g/mol. The zero-order chi connectivity index (χ0) is 15.0. The first-order valence-corrected chi connectivity index (χ1v) is 8.05. The van der Waals surface area contributed by atoms with Crippen LogP contribution < -0.4 is 0 Å². The largest absolute Gasteiger partial charge is 0.358 e. The molecule has 1 aromatic carbocycles. The SMILES string of the molecule is Cc1ccc2[nH]c3c(c2c1)CC(=O)N1CC2CC(=O)C1C3C2.